The number of nitrogens with one attached hydrogen (secondary N) is 3. The highest BCUT2D eigenvalue weighted by molar-refractivity contribution is 6.01. The van der Waals surface area contributed by atoms with Gasteiger partial charge in [-0.1, -0.05) is 12.1 Å². The van der Waals surface area contributed by atoms with E-state index in [0.717, 1.165) is 19.0 Å². The van der Waals surface area contributed by atoms with Gasteiger partial charge in [0.25, 0.3) is 0 Å². The van der Waals surface area contributed by atoms with E-state index in [1.54, 1.807) is 18.0 Å². The number of amides is 5. The summed E-state index contributed by atoms with van der Waals surface area (Å²) in [5, 5.41) is 7.04. The molecule has 0 spiro atoms. The molecular weight excluding hydrogens is 510 g/mol. The van der Waals surface area contributed by atoms with Crippen LogP contribution in [0.1, 0.15) is 12.0 Å². The summed E-state index contributed by atoms with van der Waals surface area (Å²) in [7, 11) is 5.61. The number of aromatic nitrogens is 1. The molecule has 0 fully saturated rings. The van der Waals surface area contributed by atoms with Gasteiger partial charge in [0, 0.05) is 31.9 Å². The molecule has 0 atom stereocenters. The van der Waals surface area contributed by atoms with Crippen LogP contribution in [-0.2, 0) is 11.2 Å². The van der Waals surface area contributed by atoms with E-state index in [9.17, 15) is 23.2 Å². The zero-order valence-electron chi connectivity index (χ0n) is 21.8. The van der Waals surface area contributed by atoms with Crippen LogP contribution in [0.15, 0.2) is 60.8 Å². The number of anilines is 2. The number of benzene rings is 2. The second-order valence-corrected chi connectivity index (χ2v) is 8.93. The lowest BCUT2D eigenvalue weighted by atomic mass is 10.1. The van der Waals surface area contributed by atoms with Gasteiger partial charge in [-0.3, -0.25) is 15.4 Å². The Bertz CT molecular complexity index is 1300. The smallest absolute Gasteiger partial charge is 0.325 e. The number of hydrogen-bond donors (Lipinski definition) is 3. The van der Waals surface area contributed by atoms with Crippen molar-refractivity contribution in [2.45, 2.75) is 12.8 Å². The third-order valence-corrected chi connectivity index (χ3v) is 5.37. The van der Waals surface area contributed by atoms with Crippen LogP contribution in [-0.4, -0.2) is 67.0 Å². The third-order valence-electron chi connectivity index (χ3n) is 5.37. The molecule has 0 aliphatic carbocycles. The molecule has 3 rings (SSSR count). The first kappa shape index (κ1) is 29.0. The van der Waals surface area contributed by atoms with Gasteiger partial charge in [0.1, 0.15) is 29.0 Å². The Morgan fingerprint density at radius 3 is 2.31 bits per heavy atom. The van der Waals surface area contributed by atoms with Crippen LogP contribution in [0.25, 0.3) is 0 Å². The molecule has 3 N–H and O–H groups in total. The molecule has 0 bridgehead atoms. The van der Waals surface area contributed by atoms with Crippen molar-refractivity contribution in [3.05, 3.63) is 78.0 Å². The number of halogens is 2. The normalized spacial score (nSPS) is 10.6. The highest BCUT2D eigenvalue weighted by Crippen LogP contribution is 2.26. The summed E-state index contributed by atoms with van der Waals surface area (Å²) >= 11 is 0. The summed E-state index contributed by atoms with van der Waals surface area (Å²) in [6.45, 7) is 1.42. The van der Waals surface area contributed by atoms with E-state index in [2.05, 4.69) is 20.9 Å². The van der Waals surface area contributed by atoms with Gasteiger partial charge in [0.2, 0.25) is 5.91 Å². The highest BCUT2D eigenvalue weighted by atomic mass is 19.1. The number of carbonyl (C=O) groups excluding carboxylic acids is 3. The van der Waals surface area contributed by atoms with E-state index in [4.69, 9.17) is 4.74 Å². The summed E-state index contributed by atoms with van der Waals surface area (Å²) in [5.74, 6) is -1.17. The Kier molecular flexibility index (Phi) is 10.3. The quantitative estimate of drug-likeness (QED) is 0.350. The third kappa shape index (κ3) is 9.67. The monoisotopic (exact) mass is 540 g/mol. The van der Waals surface area contributed by atoms with Crippen LogP contribution in [0.3, 0.4) is 0 Å². The van der Waals surface area contributed by atoms with Crippen LogP contribution in [0.2, 0.25) is 0 Å². The number of hydrogen-bond acceptors (Lipinski definition) is 6. The van der Waals surface area contributed by atoms with Crippen LogP contribution < -0.4 is 20.7 Å². The molecule has 10 nitrogen and oxygen atoms in total. The molecule has 5 amide bonds. The first-order valence-corrected chi connectivity index (χ1v) is 12.0. The summed E-state index contributed by atoms with van der Waals surface area (Å²) in [4.78, 5) is 44.2. The minimum Gasteiger partial charge on any atom is -0.457 e. The number of pyridine rings is 1. The number of urea groups is 2. The number of ether oxygens (including phenoxy) is 1. The van der Waals surface area contributed by atoms with Gasteiger partial charge < -0.3 is 19.9 Å². The second-order valence-electron chi connectivity index (χ2n) is 8.93. The van der Waals surface area contributed by atoms with Crippen molar-refractivity contribution in [3.63, 3.8) is 0 Å². The SMILES string of the molecule is CN(C)CCCN(C)C(=O)Nc1cc(Oc2ccc(NC(=O)NC(=O)Cc3ccc(F)cc3)c(F)c2)ccn1. The van der Waals surface area contributed by atoms with Crippen LogP contribution >= 0.6 is 0 Å². The zero-order valence-corrected chi connectivity index (χ0v) is 21.8. The van der Waals surface area contributed by atoms with E-state index in [0.29, 0.717) is 17.9 Å². The van der Waals surface area contributed by atoms with Crippen molar-refractivity contribution < 1.29 is 27.9 Å². The van der Waals surface area contributed by atoms with Crippen LogP contribution in [0, 0.1) is 11.6 Å². The van der Waals surface area contributed by atoms with Gasteiger partial charge in [-0.05, 0) is 63.0 Å². The minimum absolute atomic E-state index is 0.134. The molecule has 0 unspecified atom stereocenters. The lowest BCUT2D eigenvalue weighted by Crippen LogP contribution is -2.35. The topological polar surface area (TPSA) is 116 Å². The van der Waals surface area contributed by atoms with Gasteiger partial charge in [0.05, 0.1) is 12.1 Å². The molecule has 206 valence electrons. The Hall–Kier alpha value is -4.58. The molecule has 1 heterocycles. The zero-order chi connectivity index (χ0) is 28.4. The predicted octanol–water partition coefficient (Wildman–Crippen LogP) is 4.46. The molecule has 0 radical (unpaired) electrons. The summed E-state index contributed by atoms with van der Waals surface area (Å²) in [6.07, 6.45) is 2.11. The fourth-order valence-electron chi connectivity index (χ4n) is 3.38. The van der Waals surface area contributed by atoms with Crippen LogP contribution in [0.5, 0.6) is 11.5 Å². The van der Waals surface area contributed by atoms with Crippen molar-refractivity contribution in [2.75, 3.05) is 44.9 Å². The van der Waals surface area contributed by atoms with E-state index < -0.39 is 23.6 Å². The summed E-state index contributed by atoms with van der Waals surface area (Å²) in [6, 6.07) is 10.8. The molecule has 0 saturated heterocycles. The van der Waals surface area contributed by atoms with E-state index >= 15 is 0 Å². The van der Waals surface area contributed by atoms with Gasteiger partial charge in [0.15, 0.2) is 0 Å². The van der Waals surface area contributed by atoms with Crippen molar-refractivity contribution in [1.29, 1.82) is 0 Å². The maximum Gasteiger partial charge on any atom is 0.325 e. The highest BCUT2D eigenvalue weighted by Gasteiger charge is 2.13. The molecule has 39 heavy (non-hydrogen) atoms. The Labute approximate surface area is 225 Å². The molecule has 0 aliphatic heterocycles. The minimum atomic E-state index is -0.920. The first-order chi connectivity index (χ1) is 18.6. The number of imide groups is 1. The van der Waals surface area contributed by atoms with E-state index in [1.165, 1.54) is 48.7 Å². The van der Waals surface area contributed by atoms with Crippen molar-refractivity contribution in [1.82, 2.24) is 20.1 Å². The lowest BCUT2D eigenvalue weighted by molar-refractivity contribution is -0.119. The van der Waals surface area contributed by atoms with Crippen LogP contribution in [0.4, 0.5) is 29.9 Å². The van der Waals surface area contributed by atoms with Crippen molar-refractivity contribution in [2.24, 2.45) is 0 Å². The fraction of sp³-hybridized carbons (Fsp3) is 0.259. The molecule has 0 saturated carbocycles. The Morgan fingerprint density at radius 2 is 1.62 bits per heavy atom. The Balaban J connectivity index is 1.52. The number of rotatable bonds is 10. The molecule has 12 heteroatoms. The maximum absolute atomic E-state index is 14.6. The van der Waals surface area contributed by atoms with Gasteiger partial charge >= 0.3 is 12.1 Å². The largest absolute Gasteiger partial charge is 0.457 e. The van der Waals surface area contributed by atoms with E-state index in [-0.39, 0.29) is 29.7 Å². The molecule has 0 aliphatic rings. The summed E-state index contributed by atoms with van der Waals surface area (Å²) < 4.78 is 33.3. The fourth-order valence-corrected chi connectivity index (χ4v) is 3.38. The number of carbonyl (C=O) groups is 3. The molecule has 2 aromatic carbocycles. The Morgan fingerprint density at radius 1 is 0.897 bits per heavy atom. The lowest BCUT2D eigenvalue weighted by Gasteiger charge is -2.19. The predicted molar refractivity (Wildman–Crippen MR) is 143 cm³/mol. The van der Waals surface area contributed by atoms with Gasteiger partial charge in [-0.25, -0.2) is 23.4 Å². The van der Waals surface area contributed by atoms with Gasteiger partial charge in [-0.15, -0.1) is 0 Å². The average Bonchev–Trinajstić information content (AvgIpc) is 2.87. The standard InChI is InChI=1S/C27H30F2N6O4/c1-34(2)13-4-14-35(3)27(38)32-24-17-21(11-12-30-24)39-20-9-10-23(22(29)16-20)31-26(37)33-25(36)15-18-5-7-19(28)8-6-18/h5-12,16-17H,4,13-15H2,1-3H3,(H,30,32,38)(H2,31,33,36,37). The molecular formula is C27H30F2N6O4. The average molecular weight is 541 g/mol. The first-order valence-electron chi connectivity index (χ1n) is 12.0. The van der Waals surface area contributed by atoms with Crippen molar-refractivity contribution in [3.8, 4) is 11.5 Å². The van der Waals surface area contributed by atoms with E-state index in [1.807, 2.05) is 19.0 Å². The maximum atomic E-state index is 14.6. The van der Waals surface area contributed by atoms with Crippen molar-refractivity contribution >= 4 is 29.5 Å². The molecule has 1 aromatic heterocycles. The number of nitrogens with zero attached hydrogens (tertiary/aromatic N) is 3. The molecule has 3 aromatic rings. The van der Waals surface area contributed by atoms with Gasteiger partial charge in [-0.2, -0.15) is 0 Å². The summed E-state index contributed by atoms with van der Waals surface area (Å²) in [5.41, 5.74) is 0.342. The second kappa shape index (κ2) is 13.8.